The maximum Gasteiger partial charge on any atom is 0.253 e. The zero-order valence-electron chi connectivity index (χ0n) is 20.6. The van der Waals surface area contributed by atoms with Crippen LogP contribution in [-0.4, -0.2) is 77.8 Å². The number of aromatic amines is 1. The lowest BCUT2D eigenvalue weighted by Crippen LogP contribution is -2.43. The fraction of sp³-hybridized carbons (Fsp3) is 0.464. The molecule has 2 fully saturated rings. The van der Waals surface area contributed by atoms with Gasteiger partial charge in [0.05, 0.1) is 5.56 Å². The number of amides is 1. The van der Waals surface area contributed by atoms with E-state index >= 15 is 0 Å². The van der Waals surface area contributed by atoms with Crippen molar-refractivity contribution >= 4 is 22.7 Å². The molecule has 1 spiro atoms. The molecule has 3 aromatic rings. The van der Waals surface area contributed by atoms with Gasteiger partial charge in [-0.25, -0.2) is 4.98 Å². The van der Waals surface area contributed by atoms with Crippen LogP contribution in [0.1, 0.15) is 58.4 Å². The highest BCUT2D eigenvalue weighted by Gasteiger charge is 2.44. The Labute approximate surface area is 205 Å². The Morgan fingerprint density at radius 2 is 1.80 bits per heavy atom. The first-order valence-corrected chi connectivity index (χ1v) is 12.8. The number of ketones is 1. The summed E-state index contributed by atoms with van der Waals surface area (Å²) in [7, 11) is 4.27. The van der Waals surface area contributed by atoms with Crippen LogP contribution in [-0.2, 0) is 5.41 Å². The van der Waals surface area contributed by atoms with E-state index in [0.717, 1.165) is 79.6 Å². The number of H-pyrrole nitrogens is 1. The molecule has 1 amide bonds. The Morgan fingerprint density at radius 3 is 2.57 bits per heavy atom. The first-order chi connectivity index (χ1) is 16.9. The minimum absolute atomic E-state index is 0.0432. The van der Waals surface area contributed by atoms with Crippen molar-refractivity contribution in [1.82, 2.24) is 25.1 Å². The number of Topliss-reactive ketones (excluding diaryl/α,β-unsaturated/α-hetero) is 1. The third-order valence-electron chi connectivity index (χ3n) is 8.49. The Kier molecular flexibility index (Phi) is 5.49. The van der Waals surface area contributed by atoms with Gasteiger partial charge in [0, 0.05) is 46.8 Å². The normalized spacial score (nSPS) is 21.0. The molecule has 7 nitrogen and oxygen atoms in total. The number of carbonyl (C=O) groups excluding carboxylic acids is 2. The van der Waals surface area contributed by atoms with Crippen molar-refractivity contribution in [2.75, 3.05) is 40.3 Å². The second-order valence-corrected chi connectivity index (χ2v) is 10.8. The molecule has 0 saturated carbocycles. The molecule has 6 rings (SSSR count). The summed E-state index contributed by atoms with van der Waals surface area (Å²) in [5.41, 5.74) is 5.48. The average molecular weight is 472 g/mol. The van der Waals surface area contributed by atoms with Gasteiger partial charge < -0.3 is 20.1 Å². The minimum Gasteiger partial charge on any atom is -0.349 e. The predicted molar refractivity (Wildman–Crippen MR) is 137 cm³/mol. The number of rotatable bonds is 3. The van der Waals surface area contributed by atoms with E-state index in [-0.39, 0.29) is 23.1 Å². The zero-order valence-corrected chi connectivity index (χ0v) is 20.6. The molecule has 0 bridgehead atoms. The smallest absolute Gasteiger partial charge is 0.253 e. The van der Waals surface area contributed by atoms with Crippen molar-refractivity contribution in [2.45, 2.75) is 43.6 Å². The van der Waals surface area contributed by atoms with Crippen molar-refractivity contribution in [3.8, 4) is 11.1 Å². The molecule has 3 aliphatic rings. The molecule has 7 heteroatoms. The van der Waals surface area contributed by atoms with Gasteiger partial charge in [0.2, 0.25) is 0 Å². The molecular formula is C28H33N5O2. The molecule has 1 aromatic carbocycles. The van der Waals surface area contributed by atoms with Gasteiger partial charge >= 0.3 is 0 Å². The van der Waals surface area contributed by atoms with Crippen molar-refractivity contribution in [2.24, 2.45) is 0 Å². The number of hydrogen-bond acceptors (Lipinski definition) is 5. The number of nitrogens with one attached hydrogen (secondary N) is 2. The van der Waals surface area contributed by atoms with Gasteiger partial charge in [-0.05, 0) is 89.2 Å². The summed E-state index contributed by atoms with van der Waals surface area (Å²) >= 11 is 0. The van der Waals surface area contributed by atoms with E-state index < -0.39 is 0 Å². The minimum atomic E-state index is -0.0640. The molecule has 0 atom stereocenters. The lowest BCUT2D eigenvalue weighted by Gasteiger charge is -2.38. The van der Waals surface area contributed by atoms with E-state index in [1.807, 2.05) is 24.4 Å². The first kappa shape index (κ1) is 22.4. The van der Waals surface area contributed by atoms with Gasteiger partial charge in [0.1, 0.15) is 5.65 Å². The van der Waals surface area contributed by atoms with Gasteiger partial charge in [-0.1, -0.05) is 12.1 Å². The number of nitrogens with zero attached hydrogens (tertiary/aromatic N) is 3. The quantitative estimate of drug-likeness (QED) is 0.610. The summed E-state index contributed by atoms with van der Waals surface area (Å²) in [6.45, 7) is 4.04. The Balaban J connectivity index is 1.32. The summed E-state index contributed by atoms with van der Waals surface area (Å²) in [6.07, 6.45) is 8.22. The fourth-order valence-corrected chi connectivity index (χ4v) is 6.17. The van der Waals surface area contributed by atoms with Gasteiger partial charge in [-0.15, -0.1) is 0 Å². The maximum atomic E-state index is 13.0. The standard InChI is InChI=1S/C28H33N5O2/c1-32-9-5-20(6-10-32)31-27(35)19-13-22-23(17-30-26(22)29-16-19)18-3-4-21-24(14-18)28(15-25(21)34)7-11-33(2)12-8-28/h3-4,13-14,16-17,20H,5-12,15H2,1-2H3,(H,29,30)(H,31,35). The van der Waals surface area contributed by atoms with Crippen LogP contribution in [0, 0.1) is 0 Å². The van der Waals surface area contributed by atoms with Gasteiger partial charge in [0.15, 0.2) is 5.78 Å². The number of aromatic nitrogens is 2. The highest BCUT2D eigenvalue weighted by molar-refractivity contribution is 6.04. The Hall–Kier alpha value is -3.03. The SMILES string of the molecule is CN1CCC(NC(=O)c2cnc3[nH]cc(-c4ccc5c(c4)C4(CCN(C)CC4)CC5=O)c3c2)CC1. The third-order valence-corrected chi connectivity index (χ3v) is 8.49. The monoisotopic (exact) mass is 471 g/mol. The van der Waals surface area contributed by atoms with E-state index in [1.54, 1.807) is 6.20 Å². The summed E-state index contributed by atoms with van der Waals surface area (Å²) in [4.78, 5) is 38.3. The number of benzene rings is 1. The highest BCUT2D eigenvalue weighted by atomic mass is 16.1. The molecule has 2 saturated heterocycles. The second kappa shape index (κ2) is 8.57. The van der Waals surface area contributed by atoms with Crippen LogP contribution < -0.4 is 5.32 Å². The van der Waals surface area contributed by atoms with E-state index in [4.69, 9.17) is 0 Å². The number of likely N-dealkylation sites (tertiary alicyclic amines) is 2. The van der Waals surface area contributed by atoms with Crippen LogP contribution in [0.5, 0.6) is 0 Å². The van der Waals surface area contributed by atoms with Crippen molar-refractivity contribution in [1.29, 1.82) is 0 Å². The molecule has 1 aliphatic carbocycles. The van der Waals surface area contributed by atoms with Crippen molar-refractivity contribution in [3.63, 3.8) is 0 Å². The molecule has 2 aromatic heterocycles. The topological polar surface area (TPSA) is 81.3 Å². The van der Waals surface area contributed by atoms with Crippen LogP contribution in [0.4, 0.5) is 0 Å². The van der Waals surface area contributed by atoms with Crippen molar-refractivity contribution < 1.29 is 9.59 Å². The molecule has 2 N–H and O–H groups in total. The summed E-state index contributed by atoms with van der Waals surface area (Å²) in [5.74, 6) is 0.204. The summed E-state index contributed by atoms with van der Waals surface area (Å²) in [5, 5.41) is 4.13. The molecule has 4 heterocycles. The fourth-order valence-electron chi connectivity index (χ4n) is 6.17. The average Bonchev–Trinajstić information content (AvgIpc) is 3.41. The van der Waals surface area contributed by atoms with E-state index in [2.05, 4.69) is 45.2 Å². The molecule has 2 aliphatic heterocycles. The van der Waals surface area contributed by atoms with E-state index in [9.17, 15) is 9.59 Å². The lowest BCUT2D eigenvalue weighted by atomic mass is 9.73. The maximum absolute atomic E-state index is 13.0. The Bertz CT molecular complexity index is 1300. The second-order valence-electron chi connectivity index (χ2n) is 10.8. The zero-order chi connectivity index (χ0) is 24.2. The summed E-state index contributed by atoms with van der Waals surface area (Å²) < 4.78 is 0. The van der Waals surface area contributed by atoms with Gasteiger partial charge in [-0.3, -0.25) is 9.59 Å². The number of fused-ring (bicyclic) bond motifs is 3. The molecule has 0 radical (unpaired) electrons. The van der Waals surface area contributed by atoms with Crippen LogP contribution >= 0.6 is 0 Å². The van der Waals surface area contributed by atoms with Gasteiger partial charge in [-0.2, -0.15) is 0 Å². The van der Waals surface area contributed by atoms with Crippen LogP contribution in [0.2, 0.25) is 0 Å². The number of carbonyl (C=O) groups is 2. The first-order valence-electron chi connectivity index (χ1n) is 12.8. The summed E-state index contributed by atoms with van der Waals surface area (Å²) in [6, 6.07) is 8.42. The van der Waals surface area contributed by atoms with E-state index in [1.165, 1.54) is 5.56 Å². The highest BCUT2D eigenvalue weighted by Crippen LogP contribution is 2.47. The Morgan fingerprint density at radius 1 is 1.06 bits per heavy atom. The molecule has 35 heavy (non-hydrogen) atoms. The predicted octanol–water partition coefficient (Wildman–Crippen LogP) is 3.60. The van der Waals surface area contributed by atoms with Gasteiger partial charge in [0.25, 0.3) is 5.91 Å². The van der Waals surface area contributed by atoms with Crippen LogP contribution in [0.3, 0.4) is 0 Å². The molecular weight excluding hydrogens is 438 g/mol. The molecule has 0 unspecified atom stereocenters. The number of piperidine rings is 2. The van der Waals surface area contributed by atoms with E-state index in [0.29, 0.717) is 12.0 Å². The van der Waals surface area contributed by atoms with Crippen LogP contribution in [0.25, 0.3) is 22.2 Å². The molecule has 182 valence electrons. The third kappa shape index (κ3) is 3.96. The lowest BCUT2D eigenvalue weighted by molar-refractivity contribution is 0.0914. The number of pyridine rings is 1. The number of hydrogen-bond donors (Lipinski definition) is 2. The largest absolute Gasteiger partial charge is 0.349 e. The van der Waals surface area contributed by atoms with Crippen molar-refractivity contribution in [3.05, 3.63) is 53.3 Å². The van der Waals surface area contributed by atoms with Crippen LogP contribution in [0.15, 0.2) is 36.7 Å².